The molecule has 0 amide bonds. The molecule has 4 bridgehead atoms. The normalized spacial score (nSPS) is 52.9. The van der Waals surface area contributed by atoms with Gasteiger partial charge in [0.2, 0.25) is 0 Å². The van der Waals surface area contributed by atoms with Gasteiger partial charge in [0.15, 0.2) is 0 Å². The first kappa shape index (κ1) is 11.1. The Labute approximate surface area is 101 Å². The van der Waals surface area contributed by atoms with Crippen LogP contribution in [0.1, 0.15) is 65.2 Å². The lowest BCUT2D eigenvalue weighted by molar-refractivity contribution is 0.0284. The molecule has 16 heavy (non-hydrogen) atoms. The predicted molar refractivity (Wildman–Crippen MR) is 69.2 cm³/mol. The Morgan fingerprint density at radius 1 is 0.688 bits per heavy atom. The molecule has 0 N–H and O–H groups in total. The van der Waals surface area contributed by atoms with E-state index in [4.69, 9.17) is 0 Å². The van der Waals surface area contributed by atoms with E-state index >= 15 is 0 Å². The van der Waals surface area contributed by atoms with Gasteiger partial charge >= 0.3 is 0 Å². The molecular weight excluding hydrogens is 192 g/mol. The largest absolute Gasteiger partial charge is 0.0622 e. The van der Waals surface area contributed by atoms with Crippen LogP contribution in [0, 0.1) is 35.5 Å². The van der Waals surface area contributed by atoms with Gasteiger partial charge in [0.1, 0.15) is 0 Å². The molecule has 0 spiro atoms. The summed E-state index contributed by atoms with van der Waals surface area (Å²) >= 11 is 0. The van der Waals surface area contributed by atoms with Crippen molar-refractivity contribution in [1.29, 1.82) is 0 Å². The van der Waals surface area contributed by atoms with Crippen molar-refractivity contribution in [2.75, 3.05) is 0 Å². The van der Waals surface area contributed by atoms with Crippen molar-refractivity contribution in [2.45, 2.75) is 65.2 Å². The van der Waals surface area contributed by atoms with Crippen LogP contribution in [0.15, 0.2) is 0 Å². The lowest BCUT2D eigenvalue weighted by atomic mass is 9.58. The van der Waals surface area contributed by atoms with Crippen molar-refractivity contribution in [1.82, 2.24) is 0 Å². The molecule has 92 valence electrons. The molecule has 0 radical (unpaired) electrons. The molecule has 0 heteroatoms. The van der Waals surface area contributed by atoms with Gasteiger partial charge in [0.25, 0.3) is 0 Å². The summed E-state index contributed by atoms with van der Waals surface area (Å²) in [5.41, 5.74) is 0. The van der Waals surface area contributed by atoms with Gasteiger partial charge in [-0.25, -0.2) is 0 Å². The lowest BCUT2D eigenvalue weighted by Gasteiger charge is -2.47. The molecule has 6 rings (SSSR count). The van der Waals surface area contributed by atoms with Crippen LogP contribution in [-0.2, 0) is 0 Å². The molecule has 3 atom stereocenters. The Hall–Kier alpha value is 0. The monoisotopic (exact) mass is 220 g/mol. The first-order valence-electron chi connectivity index (χ1n) is 7.74. The summed E-state index contributed by atoms with van der Waals surface area (Å²) in [5, 5.41) is 0. The zero-order chi connectivity index (χ0) is 11.1. The van der Waals surface area contributed by atoms with E-state index in [1.165, 1.54) is 32.1 Å². The van der Waals surface area contributed by atoms with Gasteiger partial charge < -0.3 is 0 Å². The second-order valence-corrected chi connectivity index (χ2v) is 7.20. The molecule has 0 aromatic carbocycles. The van der Waals surface area contributed by atoms with Gasteiger partial charge in [-0.2, -0.15) is 0 Å². The highest BCUT2D eigenvalue weighted by Crippen LogP contribution is 2.50. The predicted octanol–water partition coefficient (Wildman–Crippen LogP) is 4.89. The lowest BCUT2D eigenvalue weighted by Crippen LogP contribution is -2.38. The van der Waals surface area contributed by atoms with Crippen molar-refractivity contribution in [3.63, 3.8) is 0 Å². The van der Waals surface area contributed by atoms with Gasteiger partial charge in [-0.3, -0.25) is 0 Å². The van der Waals surface area contributed by atoms with Crippen LogP contribution in [0.4, 0.5) is 0 Å². The standard InChI is InChI=1S/2C8H14/c1-6-2-3-7-4-8(6)5-7;1-6-7-3-2-4-8(6)5-7/h2*6-8H,2-5H2,1H3. The molecule has 6 aliphatic carbocycles. The minimum atomic E-state index is 1.07. The first-order chi connectivity index (χ1) is 7.74. The van der Waals surface area contributed by atoms with Gasteiger partial charge in [0.05, 0.1) is 0 Å². The van der Waals surface area contributed by atoms with Crippen LogP contribution < -0.4 is 0 Å². The number of rotatable bonds is 0. The van der Waals surface area contributed by atoms with Crippen LogP contribution in [0.25, 0.3) is 0 Å². The second kappa shape index (κ2) is 4.35. The van der Waals surface area contributed by atoms with E-state index in [2.05, 4.69) is 13.8 Å². The van der Waals surface area contributed by atoms with Gasteiger partial charge in [0, 0.05) is 0 Å². The summed E-state index contributed by atoms with van der Waals surface area (Å²) in [4.78, 5) is 0. The summed E-state index contributed by atoms with van der Waals surface area (Å²) in [5.74, 6) is 6.77. The fourth-order valence-corrected chi connectivity index (χ4v) is 4.63. The highest BCUT2D eigenvalue weighted by Gasteiger charge is 2.40. The van der Waals surface area contributed by atoms with E-state index in [1.54, 1.807) is 19.3 Å². The minimum absolute atomic E-state index is 1.07. The van der Waals surface area contributed by atoms with Gasteiger partial charge in [-0.15, -0.1) is 0 Å². The Balaban J connectivity index is 0.000000101. The first-order valence-corrected chi connectivity index (χ1v) is 7.74. The average molecular weight is 220 g/mol. The maximum atomic E-state index is 2.43. The maximum Gasteiger partial charge on any atom is -0.0383 e. The van der Waals surface area contributed by atoms with Gasteiger partial charge in [-0.1, -0.05) is 46.0 Å². The Bertz CT molecular complexity index is 207. The third-order valence-electron chi connectivity index (χ3n) is 6.35. The van der Waals surface area contributed by atoms with E-state index in [0.29, 0.717) is 0 Å². The highest BCUT2D eigenvalue weighted by atomic mass is 14.4. The fourth-order valence-electron chi connectivity index (χ4n) is 4.63. The summed E-state index contributed by atoms with van der Waals surface area (Å²) in [6.45, 7) is 4.85. The van der Waals surface area contributed by atoms with Crippen LogP contribution in [0.3, 0.4) is 0 Å². The molecule has 6 saturated carbocycles. The van der Waals surface area contributed by atoms with E-state index in [9.17, 15) is 0 Å². The number of hydrogen-bond donors (Lipinski definition) is 0. The van der Waals surface area contributed by atoms with E-state index < -0.39 is 0 Å². The van der Waals surface area contributed by atoms with Crippen LogP contribution in [-0.4, -0.2) is 0 Å². The minimum Gasteiger partial charge on any atom is -0.0622 e. The molecule has 6 aliphatic rings. The summed E-state index contributed by atoms with van der Waals surface area (Å²) in [7, 11) is 0. The topological polar surface area (TPSA) is 0 Å². The Morgan fingerprint density at radius 2 is 1.38 bits per heavy atom. The average Bonchev–Trinajstić information content (AvgIpc) is 2.29. The van der Waals surface area contributed by atoms with Crippen molar-refractivity contribution < 1.29 is 0 Å². The zero-order valence-corrected chi connectivity index (χ0v) is 11.1. The van der Waals surface area contributed by atoms with Gasteiger partial charge in [-0.05, 0) is 54.8 Å². The molecule has 6 fully saturated rings. The van der Waals surface area contributed by atoms with E-state index in [1.807, 2.05) is 0 Å². The summed E-state index contributed by atoms with van der Waals surface area (Å²) < 4.78 is 0. The van der Waals surface area contributed by atoms with Crippen LogP contribution in [0.2, 0.25) is 0 Å². The Kier molecular flexibility index (Phi) is 3.02. The summed E-state index contributed by atoms with van der Waals surface area (Å²) in [6, 6.07) is 0. The zero-order valence-electron chi connectivity index (χ0n) is 11.1. The highest BCUT2D eigenvalue weighted by molar-refractivity contribution is 4.90. The van der Waals surface area contributed by atoms with Crippen molar-refractivity contribution in [3.05, 3.63) is 0 Å². The molecular formula is C16H28. The van der Waals surface area contributed by atoms with Crippen LogP contribution in [0.5, 0.6) is 0 Å². The van der Waals surface area contributed by atoms with Crippen LogP contribution >= 0.6 is 0 Å². The molecule has 3 unspecified atom stereocenters. The fraction of sp³-hybridized carbons (Fsp3) is 1.00. The van der Waals surface area contributed by atoms with E-state index in [0.717, 1.165) is 35.5 Å². The van der Waals surface area contributed by atoms with Crippen molar-refractivity contribution in [2.24, 2.45) is 35.5 Å². The second-order valence-electron chi connectivity index (χ2n) is 7.20. The molecule has 0 heterocycles. The smallest absolute Gasteiger partial charge is 0.0383 e. The number of fused-ring (bicyclic) bond motifs is 4. The van der Waals surface area contributed by atoms with E-state index in [-0.39, 0.29) is 0 Å². The Morgan fingerprint density at radius 3 is 1.62 bits per heavy atom. The third kappa shape index (κ3) is 1.93. The van der Waals surface area contributed by atoms with Crippen molar-refractivity contribution >= 4 is 0 Å². The van der Waals surface area contributed by atoms with Crippen molar-refractivity contribution in [3.8, 4) is 0 Å². The quantitative estimate of drug-likeness (QED) is 0.545. The molecule has 0 aromatic rings. The SMILES string of the molecule is CC1C2CCCC1C2.CC1CCC2CC1C2. The maximum absolute atomic E-state index is 2.43. The molecule has 0 aromatic heterocycles. The number of hydrogen-bond acceptors (Lipinski definition) is 0. The molecule has 0 aliphatic heterocycles. The molecule has 0 nitrogen and oxygen atoms in total. The molecule has 0 saturated heterocycles. The summed E-state index contributed by atoms with van der Waals surface area (Å²) in [6.07, 6.45) is 12.4. The third-order valence-corrected chi connectivity index (χ3v) is 6.35.